The molecule has 1 aliphatic heterocycles. The van der Waals surface area contributed by atoms with Gasteiger partial charge in [0, 0.05) is 31.9 Å². The van der Waals surface area contributed by atoms with E-state index in [4.69, 9.17) is 23.2 Å². The number of nitrogens with one attached hydrogen (secondary N) is 1. The van der Waals surface area contributed by atoms with Crippen molar-refractivity contribution in [2.75, 3.05) is 18.4 Å². The maximum Gasteiger partial charge on any atom is 0.376 e. The molecule has 156 valence electrons. The Kier molecular flexibility index (Phi) is 5.90. The highest BCUT2D eigenvalue weighted by Crippen LogP contribution is 2.25. The van der Waals surface area contributed by atoms with E-state index in [9.17, 15) is 14.9 Å². The van der Waals surface area contributed by atoms with Crippen LogP contribution in [0, 0.1) is 10.1 Å². The molecule has 4 rings (SSSR count). The Morgan fingerprint density at radius 3 is 2.63 bits per heavy atom. The van der Waals surface area contributed by atoms with Crippen LogP contribution in [0.4, 0.5) is 11.5 Å². The van der Waals surface area contributed by atoms with Gasteiger partial charge in [0.1, 0.15) is 5.65 Å². The van der Waals surface area contributed by atoms with E-state index in [1.165, 1.54) is 10.6 Å². The van der Waals surface area contributed by atoms with Gasteiger partial charge < -0.3 is 5.32 Å². The molecule has 0 aliphatic carbocycles. The highest BCUT2D eigenvalue weighted by atomic mass is 35.5. The first-order chi connectivity index (χ1) is 14.4. The molecule has 1 aliphatic rings. The SMILES string of the molecule is O=c1c([N+](=O)[O-])c(NC2CCN(Cc3ccc(Cl)c(Cl)c3)CC2)nc2ccccn12. The first-order valence-corrected chi connectivity index (χ1v) is 10.3. The Morgan fingerprint density at radius 1 is 1.17 bits per heavy atom. The second-order valence-corrected chi connectivity index (χ2v) is 8.06. The number of pyridine rings is 1. The number of anilines is 1. The molecular weight excluding hydrogens is 429 g/mol. The summed E-state index contributed by atoms with van der Waals surface area (Å²) in [6.07, 6.45) is 3.02. The van der Waals surface area contributed by atoms with Crippen LogP contribution in [0.3, 0.4) is 0 Å². The minimum atomic E-state index is -0.690. The minimum absolute atomic E-state index is 0.00758. The Bertz CT molecular complexity index is 1160. The lowest BCUT2D eigenvalue weighted by Crippen LogP contribution is -2.39. The third-order valence-electron chi connectivity index (χ3n) is 5.21. The third-order valence-corrected chi connectivity index (χ3v) is 5.95. The van der Waals surface area contributed by atoms with Crippen LogP contribution in [0.25, 0.3) is 5.65 Å². The molecule has 10 heteroatoms. The van der Waals surface area contributed by atoms with Gasteiger partial charge in [0.05, 0.1) is 15.0 Å². The van der Waals surface area contributed by atoms with E-state index in [1.54, 1.807) is 24.3 Å². The lowest BCUT2D eigenvalue weighted by Gasteiger charge is -2.32. The van der Waals surface area contributed by atoms with Crippen molar-refractivity contribution in [3.05, 3.63) is 78.7 Å². The number of likely N-dealkylation sites (tertiary alicyclic amines) is 1. The zero-order valence-corrected chi connectivity index (χ0v) is 17.4. The molecule has 0 unspecified atom stereocenters. The van der Waals surface area contributed by atoms with Crippen molar-refractivity contribution in [1.29, 1.82) is 0 Å². The van der Waals surface area contributed by atoms with Gasteiger partial charge in [0.15, 0.2) is 0 Å². The van der Waals surface area contributed by atoms with Crippen LogP contribution in [0.15, 0.2) is 47.4 Å². The Balaban J connectivity index is 1.46. The summed E-state index contributed by atoms with van der Waals surface area (Å²) < 4.78 is 1.18. The number of nitrogens with zero attached hydrogens (tertiary/aromatic N) is 4. The van der Waals surface area contributed by atoms with Gasteiger partial charge in [-0.3, -0.25) is 24.2 Å². The average Bonchev–Trinajstić information content (AvgIpc) is 2.72. The summed E-state index contributed by atoms with van der Waals surface area (Å²) in [7, 11) is 0. The van der Waals surface area contributed by atoms with Gasteiger partial charge in [-0.25, -0.2) is 4.98 Å². The number of benzene rings is 1. The Labute approximate surface area is 182 Å². The van der Waals surface area contributed by atoms with E-state index in [-0.39, 0.29) is 11.9 Å². The van der Waals surface area contributed by atoms with Crippen molar-refractivity contribution >= 4 is 40.4 Å². The molecule has 3 aromatic rings. The molecule has 0 atom stereocenters. The smallest absolute Gasteiger partial charge is 0.361 e. The van der Waals surface area contributed by atoms with E-state index >= 15 is 0 Å². The fourth-order valence-electron chi connectivity index (χ4n) is 3.67. The lowest BCUT2D eigenvalue weighted by molar-refractivity contribution is -0.385. The Morgan fingerprint density at radius 2 is 1.93 bits per heavy atom. The molecule has 1 aromatic carbocycles. The normalized spacial score (nSPS) is 15.4. The molecule has 0 bridgehead atoms. The fraction of sp³-hybridized carbons (Fsp3) is 0.300. The number of halogens is 2. The van der Waals surface area contributed by atoms with Crippen LogP contribution < -0.4 is 10.9 Å². The summed E-state index contributed by atoms with van der Waals surface area (Å²) in [5.74, 6) is 0.0270. The van der Waals surface area contributed by atoms with Crippen LogP contribution >= 0.6 is 23.2 Å². The first kappa shape index (κ1) is 20.6. The van der Waals surface area contributed by atoms with Crippen molar-refractivity contribution in [3.63, 3.8) is 0 Å². The number of aromatic nitrogens is 2. The number of hydrogen-bond acceptors (Lipinski definition) is 6. The van der Waals surface area contributed by atoms with Gasteiger partial charge in [0.25, 0.3) is 0 Å². The summed E-state index contributed by atoms with van der Waals surface area (Å²) in [5, 5.41) is 15.7. The van der Waals surface area contributed by atoms with Crippen LogP contribution in [-0.2, 0) is 6.54 Å². The van der Waals surface area contributed by atoms with Crippen molar-refractivity contribution in [2.45, 2.75) is 25.4 Å². The predicted octanol–water partition coefficient (Wildman–Crippen LogP) is 3.99. The van der Waals surface area contributed by atoms with Crippen LogP contribution in [0.2, 0.25) is 10.0 Å². The summed E-state index contributed by atoms with van der Waals surface area (Å²) in [6.45, 7) is 2.36. The quantitative estimate of drug-likeness (QED) is 0.469. The molecule has 0 spiro atoms. The average molecular weight is 448 g/mol. The fourth-order valence-corrected chi connectivity index (χ4v) is 3.99. The number of piperidine rings is 1. The molecule has 8 nitrogen and oxygen atoms in total. The van der Waals surface area contributed by atoms with Gasteiger partial charge in [-0.2, -0.15) is 0 Å². The van der Waals surface area contributed by atoms with E-state index in [0.29, 0.717) is 15.7 Å². The van der Waals surface area contributed by atoms with Crippen molar-refractivity contribution in [1.82, 2.24) is 14.3 Å². The van der Waals surface area contributed by atoms with Crippen LogP contribution in [0.1, 0.15) is 18.4 Å². The third kappa shape index (κ3) is 4.26. The maximum absolute atomic E-state index is 12.6. The second-order valence-electron chi connectivity index (χ2n) is 7.24. The first-order valence-electron chi connectivity index (χ1n) is 9.51. The number of nitro groups is 1. The molecule has 0 saturated carbocycles. The van der Waals surface area contributed by atoms with E-state index in [2.05, 4.69) is 15.2 Å². The van der Waals surface area contributed by atoms with Crippen LogP contribution in [0.5, 0.6) is 0 Å². The van der Waals surface area contributed by atoms with Crippen molar-refractivity contribution < 1.29 is 4.92 Å². The largest absolute Gasteiger partial charge is 0.376 e. The minimum Gasteiger partial charge on any atom is -0.361 e. The molecule has 1 fully saturated rings. The molecule has 0 amide bonds. The number of rotatable bonds is 5. The summed E-state index contributed by atoms with van der Waals surface area (Å²) >= 11 is 12.1. The zero-order valence-electron chi connectivity index (χ0n) is 15.9. The molecule has 3 heterocycles. The molecule has 0 radical (unpaired) electrons. The van der Waals surface area contributed by atoms with Gasteiger partial charge in [-0.1, -0.05) is 35.3 Å². The standard InChI is InChI=1S/C20H19Cl2N5O3/c21-15-5-4-13(11-16(15)22)12-25-9-6-14(7-10-25)23-19-18(27(29)30)20(28)26-8-2-1-3-17(26)24-19/h1-5,8,11,14,23H,6-7,9-10,12H2. The number of fused-ring (bicyclic) bond motifs is 1. The lowest BCUT2D eigenvalue weighted by atomic mass is 10.0. The molecule has 2 aromatic heterocycles. The molecule has 30 heavy (non-hydrogen) atoms. The Hall–Kier alpha value is -2.68. The monoisotopic (exact) mass is 447 g/mol. The number of hydrogen-bond donors (Lipinski definition) is 1. The summed E-state index contributed by atoms with van der Waals surface area (Å²) in [4.78, 5) is 30.0. The molecule has 1 N–H and O–H groups in total. The van der Waals surface area contributed by atoms with E-state index in [1.807, 2.05) is 12.1 Å². The van der Waals surface area contributed by atoms with Gasteiger partial charge in [-0.05, 0) is 42.7 Å². The summed E-state index contributed by atoms with van der Waals surface area (Å²) in [5.41, 5.74) is 0.227. The van der Waals surface area contributed by atoms with Crippen molar-refractivity contribution in [3.8, 4) is 0 Å². The van der Waals surface area contributed by atoms with E-state index in [0.717, 1.165) is 38.0 Å². The highest BCUT2D eigenvalue weighted by molar-refractivity contribution is 6.42. The van der Waals surface area contributed by atoms with Gasteiger partial charge in [-0.15, -0.1) is 0 Å². The predicted molar refractivity (Wildman–Crippen MR) is 117 cm³/mol. The van der Waals surface area contributed by atoms with Gasteiger partial charge in [0.2, 0.25) is 5.82 Å². The van der Waals surface area contributed by atoms with Gasteiger partial charge >= 0.3 is 11.2 Å². The maximum atomic E-state index is 12.6. The van der Waals surface area contributed by atoms with E-state index < -0.39 is 16.2 Å². The zero-order chi connectivity index (χ0) is 21.3. The summed E-state index contributed by atoms with van der Waals surface area (Å²) in [6, 6.07) is 10.6. The van der Waals surface area contributed by atoms with Crippen molar-refractivity contribution in [2.24, 2.45) is 0 Å². The second kappa shape index (κ2) is 8.59. The molecular formula is C20H19Cl2N5O3. The molecule has 1 saturated heterocycles. The topological polar surface area (TPSA) is 92.8 Å². The highest BCUT2D eigenvalue weighted by Gasteiger charge is 2.27. The van der Waals surface area contributed by atoms with Crippen LogP contribution in [-0.4, -0.2) is 38.3 Å².